The first-order valence-corrected chi connectivity index (χ1v) is 6.35. The molecule has 0 atom stereocenters. The first kappa shape index (κ1) is 11.5. The van der Waals surface area contributed by atoms with Crippen LogP contribution in [-0.4, -0.2) is 0 Å². The summed E-state index contributed by atoms with van der Waals surface area (Å²) in [5.41, 5.74) is 1.52. The minimum absolute atomic E-state index is 0.111. The molecule has 1 heteroatoms. The van der Waals surface area contributed by atoms with Gasteiger partial charge < -0.3 is 0 Å². The van der Waals surface area contributed by atoms with Crippen LogP contribution in [0.2, 0.25) is 0 Å². The summed E-state index contributed by atoms with van der Waals surface area (Å²) in [5.74, 6) is 1.00. The molecule has 1 saturated carbocycles. The Bertz CT molecular complexity index is 331. The molecule has 0 spiro atoms. The van der Waals surface area contributed by atoms with Crippen LogP contribution in [0.25, 0.3) is 0 Å². The zero-order valence-electron chi connectivity index (χ0n) is 10.3. The topological polar surface area (TPSA) is 19.9 Å². The number of rotatable bonds is 3. The van der Waals surface area contributed by atoms with E-state index in [1.807, 2.05) is 12.1 Å². The lowest BCUT2D eigenvalue weighted by Crippen LogP contribution is -2.20. The van der Waals surface area contributed by atoms with Gasteiger partial charge >= 0.3 is 0 Å². The van der Waals surface area contributed by atoms with Crippen LogP contribution in [-0.2, 0) is 10.5 Å². The Kier molecular flexibility index (Phi) is 3.22. The van der Waals surface area contributed by atoms with E-state index in [4.69, 9.17) is 0 Å². The quantitative estimate of drug-likeness (QED) is 0.700. The molecule has 0 amide bonds. The maximum atomic E-state index is 11.1. The first-order chi connectivity index (χ1) is 7.58. The van der Waals surface area contributed by atoms with Crippen LogP contribution in [0.5, 0.6) is 5.75 Å². The van der Waals surface area contributed by atoms with Gasteiger partial charge in [-0.05, 0) is 35.4 Å². The molecular weight excluding hydrogens is 196 g/mol. The second-order valence-corrected chi connectivity index (χ2v) is 5.76. The Morgan fingerprint density at radius 2 is 1.69 bits per heavy atom. The maximum absolute atomic E-state index is 11.1. The molecule has 0 aliphatic heterocycles. The fourth-order valence-electron chi connectivity index (χ4n) is 2.96. The van der Waals surface area contributed by atoms with Crippen LogP contribution in [0.15, 0.2) is 24.3 Å². The van der Waals surface area contributed by atoms with Crippen molar-refractivity contribution in [3.05, 3.63) is 29.8 Å². The van der Waals surface area contributed by atoms with Gasteiger partial charge in [0.05, 0.1) is 0 Å². The summed E-state index contributed by atoms with van der Waals surface area (Å²) in [6, 6.07) is 7.37. The molecule has 1 aromatic carbocycles. The van der Waals surface area contributed by atoms with Gasteiger partial charge in [0, 0.05) is 0 Å². The Labute approximate surface area is 98.5 Å². The molecule has 0 saturated heterocycles. The molecule has 1 aliphatic rings. The van der Waals surface area contributed by atoms with Crippen molar-refractivity contribution in [2.45, 2.75) is 51.4 Å². The van der Waals surface area contributed by atoms with E-state index in [1.165, 1.54) is 37.7 Å². The predicted octanol–water partition coefficient (Wildman–Crippen LogP) is 4.69. The average Bonchev–Trinajstić information content (AvgIpc) is 2.70. The normalized spacial score (nSPS) is 17.9. The molecule has 0 aromatic heterocycles. The minimum atomic E-state index is 0.111. The molecule has 1 aromatic rings. The summed E-state index contributed by atoms with van der Waals surface area (Å²) in [6.07, 6.45) is 6.85. The molecule has 0 bridgehead atoms. The third kappa shape index (κ3) is 2.58. The van der Waals surface area contributed by atoms with Crippen LogP contribution in [0.4, 0.5) is 0 Å². The second-order valence-electron chi connectivity index (χ2n) is 5.76. The van der Waals surface area contributed by atoms with E-state index < -0.39 is 0 Å². The van der Waals surface area contributed by atoms with Crippen molar-refractivity contribution in [2.75, 3.05) is 0 Å². The van der Waals surface area contributed by atoms with Crippen LogP contribution in [0.3, 0.4) is 0 Å². The molecular formula is C15H21O. The number of benzene rings is 1. The Morgan fingerprint density at radius 3 is 2.25 bits per heavy atom. The lowest BCUT2D eigenvalue weighted by atomic mass is 9.76. The maximum Gasteiger partial charge on any atom is 0.178 e. The summed E-state index contributed by atoms with van der Waals surface area (Å²) in [6.45, 7) is 4.59. The second kappa shape index (κ2) is 4.48. The van der Waals surface area contributed by atoms with E-state index in [0.717, 1.165) is 5.92 Å². The van der Waals surface area contributed by atoms with Crippen LogP contribution in [0, 0.1) is 5.92 Å². The molecule has 1 radical (unpaired) electrons. The summed E-state index contributed by atoms with van der Waals surface area (Å²) < 4.78 is 0. The number of hydrogen-bond acceptors (Lipinski definition) is 0. The van der Waals surface area contributed by atoms with Crippen molar-refractivity contribution in [3.8, 4) is 5.75 Å². The van der Waals surface area contributed by atoms with Crippen molar-refractivity contribution in [1.29, 1.82) is 0 Å². The van der Waals surface area contributed by atoms with E-state index in [1.54, 1.807) is 12.1 Å². The largest absolute Gasteiger partial charge is 0.290 e. The third-order valence-corrected chi connectivity index (χ3v) is 3.91. The average molecular weight is 217 g/mol. The lowest BCUT2D eigenvalue weighted by molar-refractivity contribution is 0.351. The molecule has 1 aliphatic carbocycles. The van der Waals surface area contributed by atoms with Gasteiger partial charge in [-0.2, -0.15) is 0 Å². The Morgan fingerprint density at radius 1 is 1.12 bits per heavy atom. The molecule has 87 valence electrons. The van der Waals surface area contributed by atoms with E-state index in [-0.39, 0.29) is 11.2 Å². The van der Waals surface area contributed by atoms with Gasteiger partial charge in [0.2, 0.25) is 0 Å². The smallest absolute Gasteiger partial charge is 0.178 e. The van der Waals surface area contributed by atoms with Gasteiger partial charge in [0.25, 0.3) is 0 Å². The van der Waals surface area contributed by atoms with Crippen molar-refractivity contribution in [2.24, 2.45) is 5.92 Å². The highest BCUT2D eigenvalue weighted by atomic mass is 16.3. The van der Waals surface area contributed by atoms with Gasteiger partial charge in [0.1, 0.15) is 0 Å². The Balaban J connectivity index is 2.07. The first-order valence-electron chi connectivity index (χ1n) is 6.35. The van der Waals surface area contributed by atoms with Crippen molar-refractivity contribution >= 4 is 0 Å². The van der Waals surface area contributed by atoms with E-state index in [2.05, 4.69) is 13.8 Å². The minimum Gasteiger partial charge on any atom is -0.290 e. The molecule has 1 nitrogen and oxygen atoms in total. The molecule has 0 unspecified atom stereocenters. The highest BCUT2D eigenvalue weighted by molar-refractivity contribution is 5.30. The van der Waals surface area contributed by atoms with E-state index >= 15 is 0 Å². The summed E-state index contributed by atoms with van der Waals surface area (Å²) in [7, 11) is 0. The molecule has 2 rings (SSSR count). The van der Waals surface area contributed by atoms with Gasteiger partial charge in [-0.1, -0.05) is 51.7 Å². The third-order valence-electron chi connectivity index (χ3n) is 3.91. The fourth-order valence-corrected chi connectivity index (χ4v) is 2.96. The monoisotopic (exact) mass is 217 g/mol. The fraction of sp³-hybridized carbons (Fsp3) is 0.600. The van der Waals surface area contributed by atoms with Crippen LogP contribution < -0.4 is 0 Å². The van der Waals surface area contributed by atoms with Crippen molar-refractivity contribution in [3.63, 3.8) is 0 Å². The van der Waals surface area contributed by atoms with Crippen molar-refractivity contribution < 1.29 is 5.11 Å². The standard InChI is InChI=1S/C15H21O/c1-15(2,11-12-5-3-4-6-12)13-7-9-14(16)10-8-13/h7-10,12H,3-6,11H2,1-2H3. The van der Waals surface area contributed by atoms with Crippen LogP contribution in [0.1, 0.15) is 51.5 Å². The van der Waals surface area contributed by atoms with Gasteiger partial charge in [-0.15, -0.1) is 0 Å². The SMILES string of the molecule is CC(C)(CC1CCCC1)c1ccc([O])cc1. The molecule has 0 N–H and O–H groups in total. The van der Waals surface area contributed by atoms with E-state index in [0.29, 0.717) is 0 Å². The lowest BCUT2D eigenvalue weighted by Gasteiger charge is -2.28. The van der Waals surface area contributed by atoms with Crippen molar-refractivity contribution in [1.82, 2.24) is 0 Å². The highest BCUT2D eigenvalue weighted by Crippen LogP contribution is 2.37. The molecule has 0 heterocycles. The van der Waals surface area contributed by atoms with Crippen LogP contribution >= 0.6 is 0 Å². The van der Waals surface area contributed by atoms with E-state index in [9.17, 15) is 5.11 Å². The van der Waals surface area contributed by atoms with Gasteiger partial charge in [-0.25, -0.2) is 0 Å². The Hall–Kier alpha value is -0.980. The van der Waals surface area contributed by atoms with Gasteiger partial charge in [-0.3, -0.25) is 5.11 Å². The summed E-state index contributed by atoms with van der Waals surface area (Å²) >= 11 is 0. The summed E-state index contributed by atoms with van der Waals surface area (Å²) in [4.78, 5) is 0. The zero-order chi connectivity index (χ0) is 11.6. The zero-order valence-corrected chi connectivity index (χ0v) is 10.3. The number of hydrogen-bond donors (Lipinski definition) is 0. The summed E-state index contributed by atoms with van der Waals surface area (Å²) in [5, 5.41) is 11.1. The molecule has 16 heavy (non-hydrogen) atoms. The predicted molar refractivity (Wildman–Crippen MR) is 66.2 cm³/mol. The highest BCUT2D eigenvalue weighted by Gasteiger charge is 2.27. The molecule has 1 fully saturated rings. The van der Waals surface area contributed by atoms with Gasteiger partial charge in [0.15, 0.2) is 5.75 Å².